The van der Waals surface area contributed by atoms with Gasteiger partial charge in [0.1, 0.15) is 11.4 Å². The van der Waals surface area contributed by atoms with Gasteiger partial charge < -0.3 is 19.5 Å². The Kier molecular flexibility index (Phi) is 5.32. The van der Waals surface area contributed by atoms with Gasteiger partial charge in [-0.05, 0) is 42.3 Å². The summed E-state index contributed by atoms with van der Waals surface area (Å²) in [5.74, 6) is 0.524. The fourth-order valence-electron chi connectivity index (χ4n) is 3.86. The van der Waals surface area contributed by atoms with Crippen molar-refractivity contribution < 1.29 is 14.3 Å². The van der Waals surface area contributed by atoms with E-state index < -0.39 is 0 Å². The number of aromatic nitrogens is 1. The smallest absolute Gasteiger partial charge is 0.270 e. The van der Waals surface area contributed by atoms with Gasteiger partial charge in [0.25, 0.3) is 5.91 Å². The summed E-state index contributed by atoms with van der Waals surface area (Å²) < 4.78 is 8.19. The van der Waals surface area contributed by atoms with E-state index in [2.05, 4.69) is 21.2 Å². The van der Waals surface area contributed by atoms with Gasteiger partial charge in [0.05, 0.1) is 18.3 Å². The Bertz CT molecular complexity index is 1110. The van der Waals surface area contributed by atoms with Gasteiger partial charge in [-0.15, -0.1) is 0 Å². The lowest BCUT2D eigenvalue weighted by Gasteiger charge is -2.18. The predicted molar refractivity (Wildman–Crippen MR) is 116 cm³/mol. The lowest BCUT2D eigenvalue weighted by atomic mass is 10.2. The van der Waals surface area contributed by atoms with Crippen LogP contribution in [-0.2, 0) is 18.4 Å². The Balaban J connectivity index is 1.76. The van der Waals surface area contributed by atoms with E-state index in [0.29, 0.717) is 36.6 Å². The van der Waals surface area contributed by atoms with E-state index in [1.807, 2.05) is 54.1 Å². The molecule has 1 aromatic heterocycles. The zero-order valence-corrected chi connectivity index (χ0v) is 18.0. The maximum atomic E-state index is 13.2. The van der Waals surface area contributed by atoms with E-state index in [-0.39, 0.29) is 11.8 Å². The number of benzene rings is 2. The zero-order chi connectivity index (χ0) is 20.5. The summed E-state index contributed by atoms with van der Waals surface area (Å²) in [6.07, 6.45) is 1.29. The van der Waals surface area contributed by atoms with Crippen molar-refractivity contribution in [2.24, 2.45) is 7.05 Å². The number of aryl methyl sites for hydroxylation is 1. The highest BCUT2D eigenvalue weighted by molar-refractivity contribution is 9.10. The second-order valence-corrected chi connectivity index (χ2v) is 8.02. The molecule has 0 saturated carbocycles. The molecule has 1 aliphatic heterocycles. The van der Waals surface area contributed by atoms with E-state index in [4.69, 9.17) is 4.74 Å². The summed E-state index contributed by atoms with van der Waals surface area (Å²) in [6, 6.07) is 13.5. The minimum atomic E-state index is -0.211. The van der Waals surface area contributed by atoms with Crippen LogP contribution in [0.1, 0.15) is 28.9 Å². The van der Waals surface area contributed by atoms with Gasteiger partial charge in [0.2, 0.25) is 5.91 Å². The minimum absolute atomic E-state index is 0.0429. The average molecular weight is 456 g/mol. The van der Waals surface area contributed by atoms with Crippen LogP contribution < -0.4 is 15.0 Å². The fourth-order valence-corrected chi connectivity index (χ4v) is 4.31. The lowest BCUT2D eigenvalue weighted by Crippen LogP contribution is -2.30. The van der Waals surface area contributed by atoms with E-state index in [1.165, 1.54) is 0 Å². The number of nitrogens with zero attached hydrogens (tertiary/aromatic N) is 2. The Morgan fingerprint density at radius 2 is 2.07 bits per heavy atom. The van der Waals surface area contributed by atoms with Crippen molar-refractivity contribution in [3.8, 4) is 5.75 Å². The number of hydrogen-bond acceptors (Lipinski definition) is 3. The number of halogens is 1. The fraction of sp³-hybridized carbons (Fsp3) is 0.273. The number of fused-ring (bicyclic) bond motifs is 1. The predicted octanol–water partition coefficient (Wildman–Crippen LogP) is 4.01. The highest BCUT2D eigenvalue weighted by atomic mass is 79.9. The molecule has 1 saturated heterocycles. The van der Waals surface area contributed by atoms with Gasteiger partial charge in [-0.3, -0.25) is 9.59 Å². The van der Waals surface area contributed by atoms with E-state index >= 15 is 0 Å². The van der Waals surface area contributed by atoms with Gasteiger partial charge in [-0.2, -0.15) is 0 Å². The maximum absolute atomic E-state index is 13.2. The van der Waals surface area contributed by atoms with Crippen molar-refractivity contribution in [3.63, 3.8) is 0 Å². The molecule has 0 spiro atoms. The Hall–Kier alpha value is -2.80. The first-order valence-electron chi connectivity index (χ1n) is 9.49. The molecule has 150 valence electrons. The molecule has 0 unspecified atom stereocenters. The molecular formula is C22H22BrN3O3. The van der Waals surface area contributed by atoms with Crippen LogP contribution in [0.15, 0.2) is 46.9 Å². The third kappa shape index (κ3) is 3.62. The van der Waals surface area contributed by atoms with Crippen LogP contribution in [0.25, 0.3) is 10.9 Å². The quantitative estimate of drug-likeness (QED) is 0.631. The second kappa shape index (κ2) is 7.91. The Morgan fingerprint density at radius 1 is 1.24 bits per heavy atom. The Morgan fingerprint density at radius 3 is 2.76 bits per heavy atom. The van der Waals surface area contributed by atoms with Gasteiger partial charge >= 0.3 is 0 Å². The number of anilines is 1. The summed E-state index contributed by atoms with van der Waals surface area (Å²) in [4.78, 5) is 27.5. The first-order valence-corrected chi connectivity index (χ1v) is 10.3. The van der Waals surface area contributed by atoms with Crippen molar-refractivity contribution >= 4 is 44.3 Å². The van der Waals surface area contributed by atoms with Crippen molar-refractivity contribution in [2.45, 2.75) is 19.4 Å². The molecule has 2 amide bonds. The molecule has 1 aliphatic rings. The standard InChI is InChI=1S/C22H22BrN3O3/c1-25-18-9-8-16(29-2)12-17(18)20(26-10-4-7-19(26)27)21(25)22(28)24-13-14-5-3-6-15(23)11-14/h3,5-6,8-9,11-12H,4,7,10,13H2,1-2H3,(H,24,28). The summed E-state index contributed by atoms with van der Waals surface area (Å²) in [5, 5.41) is 3.84. The van der Waals surface area contributed by atoms with Gasteiger partial charge in [0, 0.05) is 36.4 Å². The molecule has 1 fully saturated rings. The maximum Gasteiger partial charge on any atom is 0.270 e. The molecule has 3 aromatic rings. The molecule has 6 nitrogen and oxygen atoms in total. The average Bonchev–Trinajstić information content (AvgIpc) is 3.26. The van der Waals surface area contributed by atoms with Crippen LogP contribution in [-0.4, -0.2) is 30.0 Å². The van der Waals surface area contributed by atoms with Gasteiger partial charge in [0.15, 0.2) is 0 Å². The van der Waals surface area contributed by atoms with Crippen molar-refractivity contribution in [2.75, 3.05) is 18.6 Å². The molecule has 29 heavy (non-hydrogen) atoms. The largest absolute Gasteiger partial charge is 0.497 e. The zero-order valence-electron chi connectivity index (χ0n) is 16.4. The molecule has 7 heteroatoms. The number of amides is 2. The highest BCUT2D eigenvalue weighted by Gasteiger charge is 2.31. The number of carbonyl (C=O) groups excluding carboxylic acids is 2. The molecule has 0 aliphatic carbocycles. The lowest BCUT2D eigenvalue weighted by molar-refractivity contribution is -0.117. The highest BCUT2D eigenvalue weighted by Crippen LogP contribution is 2.37. The normalized spacial score (nSPS) is 13.9. The molecule has 1 N–H and O–H groups in total. The van der Waals surface area contributed by atoms with Crippen LogP contribution in [0.2, 0.25) is 0 Å². The van der Waals surface area contributed by atoms with Crippen LogP contribution >= 0.6 is 15.9 Å². The van der Waals surface area contributed by atoms with E-state index in [0.717, 1.165) is 27.4 Å². The molecule has 2 heterocycles. The van der Waals surface area contributed by atoms with Crippen molar-refractivity contribution in [1.82, 2.24) is 9.88 Å². The monoisotopic (exact) mass is 455 g/mol. The van der Waals surface area contributed by atoms with E-state index in [9.17, 15) is 9.59 Å². The molecule has 2 aromatic carbocycles. The van der Waals surface area contributed by atoms with Crippen LogP contribution in [0.4, 0.5) is 5.69 Å². The number of rotatable bonds is 5. The first kappa shape index (κ1) is 19.5. The first-order chi connectivity index (χ1) is 14.0. The summed E-state index contributed by atoms with van der Waals surface area (Å²) >= 11 is 3.45. The second-order valence-electron chi connectivity index (χ2n) is 7.10. The number of nitrogens with one attached hydrogen (secondary N) is 1. The third-order valence-electron chi connectivity index (χ3n) is 5.28. The van der Waals surface area contributed by atoms with Gasteiger partial charge in [-0.1, -0.05) is 28.1 Å². The number of carbonyl (C=O) groups is 2. The number of ether oxygens (including phenoxy) is 1. The summed E-state index contributed by atoms with van der Waals surface area (Å²) in [5.41, 5.74) is 3.02. The number of hydrogen-bond donors (Lipinski definition) is 1. The van der Waals surface area contributed by atoms with Crippen molar-refractivity contribution in [3.05, 3.63) is 58.2 Å². The molecule has 0 atom stereocenters. The summed E-state index contributed by atoms with van der Waals surface area (Å²) in [6.45, 7) is 1.01. The van der Waals surface area contributed by atoms with Crippen LogP contribution in [0, 0.1) is 0 Å². The van der Waals surface area contributed by atoms with Crippen LogP contribution in [0.5, 0.6) is 5.75 Å². The SMILES string of the molecule is COc1ccc2c(c1)c(N1CCCC1=O)c(C(=O)NCc1cccc(Br)c1)n2C. The van der Waals surface area contributed by atoms with Crippen molar-refractivity contribution in [1.29, 1.82) is 0 Å². The van der Waals surface area contributed by atoms with Gasteiger partial charge in [-0.25, -0.2) is 0 Å². The van der Waals surface area contributed by atoms with Crippen LogP contribution in [0.3, 0.4) is 0 Å². The molecule has 4 rings (SSSR count). The number of methoxy groups -OCH3 is 1. The molecule has 0 radical (unpaired) electrons. The molecular weight excluding hydrogens is 434 g/mol. The Labute approximate surface area is 177 Å². The summed E-state index contributed by atoms with van der Waals surface area (Å²) in [7, 11) is 3.46. The topological polar surface area (TPSA) is 63.6 Å². The van der Waals surface area contributed by atoms with E-state index in [1.54, 1.807) is 12.0 Å². The minimum Gasteiger partial charge on any atom is -0.497 e. The molecule has 0 bridgehead atoms. The third-order valence-corrected chi connectivity index (χ3v) is 5.77.